The standard InChI is InChI=1S/C15H7ClF3NO2/c16-10-2-1-3-11-12(10)14(21)13(20(11)22)8-4-6-9(7-5-8)15(17,18)19/h1-7H. The minimum absolute atomic E-state index is 0.0639. The third-order valence-corrected chi connectivity index (χ3v) is 3.66. The van der Waals surface area contributed by atoms with Crippen LogP contribution in [0.15, 0.2) is 42.5 Å². The van der Waals surface area contributed by atoms with Gasteiger partial charge >= 0.3 is 6.18 Å². The van der Waals surface area contributed by atoms with E-state index in [1.54, 1.807) is 0 Å². The second kappa shape index (κ2) is 4.84. The van der Waals surface area contributed by atoms with Gasteiger partial charge in [0.1, 0.15) is 5.56 Å². The van der Waals surface area contributed by atoms with Crippen molar-refractivity contribution in [3.63, 3.8) is 0 Å². The van der Waals surface area contributed by atoms with Gasteiger partial charge in [0, 0.05) is 6.07 Å². The molecule has 22 heavy (non-hydrogen) atoms. The summed E-state index contributed by atoms with van der Waals surface area (Å²) in [5.41, 5.74) is -0.825. The molecule has 2 aromatic rings. The first kappa shape index (κ1) is 14.6. The van der Waals surface area contributed by atoms with Crippen molar-refractivity contribution < 1.29 is 22.7 Å². The lowest BCUT2D eigenvalue weighted by molar-refractivity contribution is -0.355. The Morgan fingerprint density at radius 3 is 2.23 bits per heavy atom. The Labute approximate surface area is 127 Å². The lowest BCUT2D eigenvalue weighted by Gasteiger charge is -2.07. The van der Waals surface area contributed by atoms with Crippen molar-refractivity contribution in [2.75, 3.05) is 0 Å². The van der Waals surface area contributed by atoms with Gasteiger partial charge in [0.15, 0.2) is 0 Å². The molecule has 0 amide bonds. The van der Waals surface area contributed by atoms with Crippen LogP contribution in [0.3, 0.4) is 0 Å². The second-order valence-corrected chi connectivity index (χ2v) is 5.09. The van der Waals surface area contributed by atoms with E-state index in [0.717, 1.165) is 24.3 Å². The van der Waals surface area contributed by atoms with Crippen LogP contribution in [0.1, 0.15) is 21.5 Å². The van der Waals surface area contributed by atoms with E-state index in [0.29, 0.717) is 4.74 Å². The number of ketones is 1. The quantitative estimate of drug-likeness (QED) is 0.583. The van der Waals surface area contributed by atoms with Crippen molar-refractivity contribution in [2.45, 2.75) is 6.18 Å². The molecule has 0 N–H and O–H groups in total. The summed E-state index contributed by atoms with van der Waals surface area (Å²) in [6, 6.07) is 8.28. The van der Waals surface area contributed by atoms with Crippen LogP contribution >= 0.6 is 11.6 Å². The molecule has 0 spiro atoms. The number of benzene rings is 2. The highest BCUT2D eigenvalue weighted by atomic mass is 35.5. The molecule has 7 heteroatoms. The fourth-order valence-electron chi connectivity index (χ4n) is 2.30. The lowest BCUT2D eigenvalue weighted by atomic mass is 10.0. The highest BCUT2D eigenvalue weighted by molar-refractivity contribution is 6.54. The fraction of sp³-hybridized carbons (Fsp3) is 0.0667. The highest BCUT2D eigenvalue weighted by Crippen LogP contribution is 2.34. The molecule has 0 saturated carbocycles. The van der Waals surface area contributed by atoms with Gasteiger partial charge < -0.3 is 5.21 Å². The second-order valence-electron chi connectivity index (χ2n) is 4.68. The maximum atomic E-state index is 12.6. The van der Waals surface area contributed by atoms with Gasteiger partial charge in [0.25, 0.3) is 11.5 Å². The van der Waals surface area contributed by atoms with Gasteiger partial charge in [-0.25, -0.2) is 0 Å². The number of alkyl halides is 3. The molecule has 3 nitrogen and oxygen atoms in total. The van der Waals surface area contributed by atoms with E-state index in [-0.39, 0.29) is 27.5 Å². The van der Waals surface area contributed by atoms with Gasteiger partial charge in [-0.1, -0.05) is 17.7 Å². The molecular weight excluding hydrogens is 319 g/mol. The first-order valence-electron chi connectivity index (χ1n) is 6.16. The molecule has 0 aliphatic carbocycles. The van der Waals surface area contributed by atoms with Crippen molar-refractivity contribution >= 4 is 28.8 Å². The van der Waals surface area contributed by atoms with Gasteiger partial charge in [-0.05, 0) is 30.3 Å². The average molecular weight is 326 g/mol. The molecular formula is C15H7ClF3NO2. The molecule has 0 aromatic heterocycles. The van der Waals surface area contributed by atoms with E-state index in [1.807, 2.05) is 0 Å². The molecule has 0 unspecified atom stereocenters. The number of carbonyl (C=O) groups excluding carboxylic acids is 1. The zero-order valence-electron chi connectivity index (χ0n) is 10.8. The number of hydrogen-bond acceptors (Lipinski definition) is 2. The van der Waals surface area contributed by atoms with Gasteiger partial charge in [0.2, 0.25) is 5.69 Å². The van der Waals surface area contributed by atoms with Crippen molar-refractivity contribution in [1.29, 1.82) is 0 Å². The van der Waals surface area contributed by atoms with E-state index in [1.165, 1.54) is 18.2 Å². The molecule has 112 valence electrons. The Morgan fingerprint density at radius 2 is 1.68 bits per heavy atom. The smallest absolute Gasteiger partial charge is 0.416 e. The maximum absolute atomic E-state index is 12.6. The average Bonchev–Trinajstić information content (AvgIpc) is 2.71. The number of halogens is 4. The number of rotatable bonds is 1. The maximum Gasteiger partial charge on any atom is 0.416 e. The molecule has 1 aliphatic heterocycles. The SMILES string of the molecule is O=C1C(c2ccc(C(F)(F)F)cc2)=[N+]([O-])c2cccc(Cl)c21. The van der Waals surface area contributed by atoms with Gasteiger partial charge in [-0.3, -0.25) is 4.79 Å². The summed E-state index contributed by atoms with van der Waals surface area (Å²) in [6.07, 6.45) is -4.48. The number of nitrogens with zero attached hydrogens (tertiary/aromatic N) is 1. The first-order valence-corrected chi connectivity index (χ1v) is 6.53. The van der Waals surface area contributed by atoms with Crippen molar-refractivity contribution in [3.8, 4) is 0 Å². The Hall–Kier alpha value is -2.34. The highest BCUT2D eigenvalue weighted by Gasteiger charge is 2.39. The predicted molar refractivity (Wildman–Crippen MR) is 74.6 cm³/mol. The topological polar surface area (TPSA) is 43.1 Å². The van der Waals surface area contributed by atoms with Gasteiger partial charge in [-0.2, -0.15) is 17.9 Å². The third-order valence-electron chi connectivity index (χ3n) is 3.34. The summed E-state index contributed by atoms with van der Waals surface area (Å²) in [6.45, 7) is 0. The minimum Gasteiger partial charge on any atom is -0.618 e. The number of carbonyl (C=O) groups is 1. The Kier molecular flexibility index (Phi) is 3.21. The van der Waals surface area contributed by atoms with Crippen LogP contribution in [0.5, 0.6) is 0 Å². The molecule has 0 radical (unpaired) electrons. The molecule has 1 heterocycles. The lowest BCUT2D eigenvalue weighted by Crippen LogP contribution is -2.17. The summed E-state index contributed by atoms with van der Waals surface area (Å²) < 4.78 is 38.1. The molecule has 0 bridgehead atoms. The summed E-state index contributed by atoms with van der Waals surface area (Å²) in [4.78, 5) is 12.3. The van der Waals surface area contributed by atoms with Crippen LogP contribution < -0.4 is 0 Å². The summed E-state index contributed by atoms with van der Waals surface area (Å²) in [5, 5.41) is 12.3. The van der Waals surface area contributed by atoms with Crippen LogP contribution in [0.2, 0.25) is 5.02 Å². The largest absolute Gasteiger partial charge is 0.618 e. The molecule has 2 aromatic carbocycles. The molecule has 0 fully saturated rings. The number of hydrogen-bond donors (Lipinski definition) is 0. The Morgan fingerprint density at radius 1 is 1.05 bits per heavy atom. The van der Waals surface area contributed by atoms with E-state index in [4.69, 9.17) is 11.6 Å². The van der Waals surface area contributed by atoms with Crippen molar-refractivity contribution in [1.82, 2.24) is 0 Å². The third kappa shape index (κ3) is 2.16. The van der Waals surface area contributed by atoms with Crippen LogP contribution in [0.25, 0.3) is 0 Å². The first-order chi connectivity index (χ1) is 10.3. The predicted octanol–water partition coefficient (Wildman–Crippen LogP) is 4.19. The monoisotopic (exact) mass is 325 g/mol. The van der Waals surface area contributed by atoms with Crippen molar-refractivity contribution in [2.24, 2.45) is 0 Å². The molecule has 3 rings (SSSR count). The van der Waals surface area contributed by atoms with Gasteiger partial charge in [-0.15, -0.1) is 0 Å². The minimum atomic E-state index is -4.48. The summed E-state index contributed by atoms with van der Waals surface area (Å²) >= 11 is 5.92. The van der Waals surface area contributed by atoms with Crippen LogP contribution in [-0.2, 0) is 6.18 Å². The zero-order valence-corrected chi connectivity index (χ0v) is 11.6. The van der Waals surface area contributed by atoms with Crippen LogP contribution in [0, 0.1) is 5.21 Å². The van der Waals surface area contributed by atoms with E-state index in [9.17, 15) is 23.2 Å². The summed E-state index contributed by atoms with van der Waals surface area (Å²) in [7, 11) is 0. The van der Waals surface area contributed by atoms with Crippen molar-refractivity contribution in [3.05, 3.63) is 69.4 Å². The number of fused-ring (bicyclic) bond motifs is 1. The summed E-state index contributed by atoms with van der Waals surface area (Å²) in [5.74, 6) is -0.602. The van der Waals surface area contributed by atoms with Crippen LogP contribution in [0.4, 0.5) is 18.9 Å². The van der Waals surface area contributed by atoms with E-state index >= 15 is 0 Å². The molecule has 1 aliphatic rings. The fourth-order valence-corrected chi connectivity index (χ4v) is 2.56. The van der Waals surface area contributed by atoms with E-state index < -0.39 is 17.5 Å². The molecule has 0 saturated heterocycles. The normalized spacial score (nSPS) is 14.5. The molecule has 0 atom stereocenters. The van der Waals surface area contributed by atoms with E-state index in [2.05, 4.69) is 0 Å². The Balaban J connectivity index is 2.09. The van der Waals surface area contributed by atoms with Gasteiger partial charge in [0.05, 0.1) is 16.1 Å². The zero-order chi connectivity index (χ0) is 16.1. The number of Topliss-reactive ketones (excluding diaryl/α,β-unsaturated/α-hetero) is 1. The van der Waals surface area contributed by atoms with Crippen LogP contribution in [-0.4, -0.2) is 16.2 Å². The Bertz CT molecular complexity index is 811.